The van der Waals surface area contributed by atoms with Crippen molar-refractivity contribution in [3.63, 3.8) is 0 Å². The number of aliphatic carboxylic acids is 1. The second-order valence-corrected chi connectivity index (χ2v) is 5.21. The average molecular weight is 253 g/mol. The number of carbonyl (C=O) groups excluding carboxylic acids is 1. The maximum absolute atomic E-state index is 11.7. The maximum atomic E-state index is 11.7. The van der Waals surface area contributed by atoms with Crippen LogP contribution in [0.3, 0.4) is 0 Å². The van der Waals surface area contributed by atoms with E-state index >= 15 is 0 Å². The van der Waals surface area contributed by atoms with E-state index in [1.54, 1.807) is 0 Å². The Morgan fingerprint density at radius 1 is 1.24 bits per heavy atom. The molecule has 4 nitrogen and oxygen atoms in total. The molecular weight excluding hydrogens is 238 g/mol. The zero-order valence-electron chi connectivity index (χ0n) is 9.52. The summed E-state index contributed by atoms with van der Waals surface area (Å²) in [6.45, 7) is 2.12. The molecule has 2 heterocycles. The molecule has 0 amide bonds. The molecule has 0 radical (unpaired) electrons. The number of Topliss-reactive ketones (excluding diaryl/α,β-unsaturated/α-hetero) is 1. The number of rotatable bonds is 5. The van der Waals surface area contributed by atoms with Crippen LogP contribution in [0.2, 0.25) is 0 Å². The monoisotopic (exact) mass is 253 g/mol. The van der Waals surface area contributed by atoms with Crippen LogP contribution < -0.4 is 4.90 Å². The molecule has 1 aromatic rings. The number of carboxylic acids is 1. The van der Waals surface area contributed by atoms with Gasteiger partial charge in [-0.1, -0.05) is 0 Å². The molecule has 0 bridgehead atoms. The number of anilines is 1. The SMILES string of the molecule is O=C(O)CCC(=O)c1ccc(N2CCCC2)s1. The van der Waals surface area contributed by atoms with Crippen LogP contribution in [0.15, 0.2) is 12.1 Å². The van der Waals surface area contributed by atoms with Crippen molar-refractivity contribution < 1.29 is 14.7 Å². The second kappa shape index (κ2) is 5.31. The Balaban J connectivity index is 1.97. The fourth-order valence-electron chi connectivity index (χ4n) is 1.93. The number of hydrogen-bond acceptors (Lipinski definition) is 4. The quantitative estimate of drug-likeness (QED) is 0.819. The van der Waals surface area contributed by atoms with Crippen LogP contribution in [0.4, 0.5) is 5.00 Å². The van der Waals surface area contributed by atoms with Crippen molar-refractivity contribution in [2.45, 2.75) is 25.7 Å². The lowest BCUT2D eigenvalue weighted by Crippen LogP contribution is -2.15. The third-order valence-electron chi connectivity index (χ3n) is 2.85. The molecule has 0 saturated carbocycles. The summed E-state index contributed by atoms with van der Waals surface area (Å²) in [7, 11) is 0. The van der Waals surface area contributed by atoms with Gasteiger partial charge in [-0.25, -0.2) is 0 Å². The first kappa shape index (κ1) is 12.1. The van der Waals surface area contributed by atoms with Crippen LogP contribution in [0, 0.1) is 0 Å². The summed E-state index contributed by atoms with van der Waals surface area (Å²) in [5.74, 6) is -0.988. The van der Waals surface area contributed by atoms with Crippen molar-refractivity contribution in [1.82, 2.24) is 0 Å². The summed E-state index contributed by atoms with van der Waals surface area (Å²) in [4.78, 5) is 25.0. The maximum Gasteiger partial charge on any atom is 0.303 e. The number of carboxylic acid groups (broad SMARTS) is 1. The lowest BCUT2D eigenvalue weighted by Gasteiger charge is -2.13. The minimum Gasteiger partial charge on any atom is -0.481 e. The van der Waals surface area contributed by atoms with Gasteiger partial charge >= 0.3 is 5.97 Å². The molecule has 1 fully saturated rings. The summed E-state index contributed by atoms with van der Waals surface area (Å²) in [5, 5.41) is 9.66. The Morgan fingerprint density at radius 3 is 2.59 bits per heavy atom. The zero-order chi connectivity index (χ0) is 12.3. The summed E-state index contributed by atoms with van der Waals surface area (Å²) in [5.41, 5.74) is 0. The number of nitrogens with zero attached hydrogens (tertiary/aromatic N) is 1. The molecule has 0 atom stereocenters. The molecule has 0 aromatic carbocycles. The highest BCUT2D eigenvalue weighted by molar-refractivity contribution is 7.18. The molecule has 2 rings (SSSR count). The molecule has 0 spiro atoms. The second-order valence-electron chi connectivity index (χ2n) is 4.15. The number of hydrogen-bond donors (Lipinski definition) is 1. The molecule has 17 heavy (non-hydrogen) atoms. The average Bonchev–Trinajstić information content (AvgIpc) is 2.94. The third-order valence-corrected chi connectivity index (χ3v) is 4.04. The van der Waals surface area contributed by atoms with Crippen molar-refractivity contribution in [1.29, 1.82) is 0 Å². The van der Waals surface area contributed by atoms with E-state index in [1.807, 2.05) is 12.1 Å². The van der Waals surface area contributed by atoms with E-state index in [-0.39, 0.29) is 18.6 Å². The summed E-state index contributed by atoms with van der Waals surface area (Å²) >= 11 is 1.47. The van der Waals surface area contributed by atoms with Crippen molar-refractivity contribution in [2.75, 3.05) is 18.0 Å². The van der Waals surface area contributed by atoms with Crippen molar-refractivity contribution >= 4 is 28.1 Å². The number of carbonyl (C=O) groups is 2. The molecule has 1 aliphatic heterocycles. The van der Waals surface area contributed by atoms with Gasteiger partial charge in [0.25, 0.3) is 0 Å². The van der Waals surface area contributed by atoms with Crippen LogP contribution in [0.1, 0.15) is 35.4 Å². The van der Waals surface area contributed by atoms with Gasteiger partial charge in [0.1, 0.15) is 0 Å². The van der Waals surface area contributed by atoms with Gasteiger partial charge in [-0.05, 0) is 25.0 Å². The van der Waals surface area contributed by atoms with Crippen LogP contribution >= 0.6 is 11.3 Å². The van der Waals surface area contributed by atoms with Crippen molar-refractivity contribution in [3.05, 3.63) is 17.0 Å². The molecule has 1 aliphatic rings. The number of ketones is 1. The minimum atomic E-state index is -0.922. The van der Waals surface area contributed by atoms with Crippen LogP contribution in [0.5, 0.6) is 0 Å². The molecule has 0 aliphatic carbocycles. The van der Waals surface area contributed by atoms with Gasteiger partial charge in [-0.15, -0.1) is 11.3 Å². The summed E-state index contributed by atoms with van der Waals surface area (Å²) in [6.07, 6.45) is 2.42. The Bertz CT molecular complexity index is 421. The van der Waals surface area contributed by atoms with Gasteiger partial charge in [0.15, 0.2) is 5.78 Å². The van der Waals surface area contributed by atoms with E-state index < -0.39 is 5.97 Å². The van der Waals surface area contributed by atoms with Gasteiger partial charge in [0, 0.05) is 19.5 Å². The standard InChI is InChI=1S/C12H15NO3S/c14-9(3-6-12(15)16)10-4-5-11(17-10)13-7-1-2-8-13/h4-5H,1-3,6-8H2,(H,15,16). The molecule has 1 saturated heterocycles. The van der Waals surface area contributed by atoms with E-state index in [1.165, 1.54) is 24.2 Å². The number of thiophene rings is 1. The molecule has 1 N–H and O–H groups in total. The minimum absolute atomic E-state index is 0.0668. The largest absolute Gasteiger partial charge is 0.481 e. The first-order valence-corrected chi connectivity index (χ1v) is 6.58. The van der Waals surface area contributed by atoms with E-state index in [4.69, 9.17) is 5.11 Å². The van der Waals surface area contributed by atoms with Gasteiger partial charge in [0.2, 0.25) is 0 Å². The van der Waals surface area contributed by atoms with Gasteiger partial charge in [-0.3, -0.25) is 9.59 Å². The normalized spacial score (nSPS) is 15.2. The molecule has 0 unspecified atom stereocenters. The Morgan fingerprint density at radius 2 is 1.94 bits per heavy atom. The molecule has 1 aromatic heterocycles. The third kappa shape index (κ3) is 3.06. The van der Waals surface area contributed by atoms with Gasteiger partial charge in [-0.2, -0.15) is 0 Å². The van der Waals surface area contributed by atoms with E-state index in [0.29, 0.717) is 4.88 Å². The summed E-state index contributed by atoms with van der Waals surface area (Å²) < 4.78 is 0. The lowest BCUT2D eigenvalue weighted by atomic mass is 10.2. The highest BCUT2D eigenvalue weighted by Crippen LogP contribution is 2.29. The lowest BCUT2D eigenvalue weighted by molar-refractivity contribution is -0.136. The topological polar surface area (TPSA) is 57.6 Å². The van der Waals surface area contributed by atoms with Crippen LogP contribution in [-0.2, 0) is 4.79 Å². The Kier molecular flexibility index (Phi) is 3.78. The predicted octanol–water partition coefficient (Wildman–Crippen LogP) is 2.40. The highest BCUT2D eigenvalue weighted by atomic mass is 32.1. The van der Waals surface area contributed by atoms with Crippen molar-refractivity contribution in [3.8, 4) is 0 Å². The van der Waals surface area contributed by atoms with Gasteiger partial charge in [0.05, 0.1) is 16.3 Å². The highest BCUT2D eigenvalue weighted by Gasteiger charge is 2.16. The first-order chi connectivity index (χ1) is 8.16. The Hall–Kier alpha value is -1.36. The van der Waals surface area contributed by atoms with E-state index in [0.717, 1.165) is 18.1 Å². The summed E-state index contributed by atoms with van der Waals surface area (Å²) in [6, 6.07) is 3.77. The first-order valence-electron chi connectivity index (χ1n) is 5.76. The fraction of sp³-hybridized carbons (Fsp3) is 0.500. The van der Waals surface area contributed by atoms with E-state index in [9.17, 15) is 9.59 Å². The van der Waals surface area contributed by atoms with Crippen LogP contribution in [-0.4, -0.2) is 29.9 Å². The Labute approximate surface area is 104 Å². The molecular formula is C12H15NO3S. The zero-order valence-corrected chi connectivity index (χ0v) is 10.3. The van der Waals surface area contributed by atoms with Crippen LogP contribution in [0.25, 0.3) is 0 Å². The molecule has 92 valence electrons. The molecule has 5 heteroatoms. The predicted molar refractivity (Wildman–Crippen MR) is 67.0 cm³/mol. The smallest absolute Gasteiger partial charge is 0.303 e. The van der Waals surface area contributed by atoms with E-state index in [2.05, 4.69) is 4.90 Å². The fourth-order valence-corrected chi connectivity index (χ4v) is 2.95. The van der Waals surface area contributed by atoms with Gasteiger partial charge < -0.3 is 10.0 Å². The van der Waals surface area contributed by atoms with Crippen molar-refractivity contribution in [2.24, 2.45) is 0 Å².